The smallest absolute Gasteiger partial charge is 0.408 e. The molecule has 1 rings (SSSR count). The van der Waals surface area contributed by atoms with Crippen LogP contribution in [-0.2, 0) is 9.53 Å². The van der Waals surface area contributed by atoms with Crippen LogP contribution in [0.15, 0.2) is 18.2 Å². The summed E-state index contributed by atoms with van der Waals surface area (Å²) < 4.78 is 5.06. The number of amides is 1. The Morgan fingerprint density at radius 2 is 1.86 bits per heavy atom. The van der Waals surface area contributed by atoms with E-state index in [0.29, 0.717) is 5.02 Å². The summed E-state index contributed by atoms with van der Waals surface area (Å²) in [6.07, 6.45) is -2.77. The number of carbonyl (C=O) groups excluding carboxylic acids is 1. The zero-order chi connectivity index (χ0) is 17.1. The maximum atomic E-state index is 11.8. The van der Waals surface area contributed by atoms with Crippen molar-refractivity contribution in [1.82, 2.24) is 5.32 Å². The SMILES string of the molecule is CC(C)(C)OC(=O)N[C@@H](c1ccc(Cl)cc1Cl)[C@H](O)C(=O)O. The van der Waals surface area contributed by atoms with Gasteiger partial charge in [-0.1, -0.05) is 29.3 Å². The number of aliphatic carboxylic acids is 1. The monoisotopic (exact) mass is 349 g/mol. The summed E-state index contributed by atoms with van der Waals surface area (Å²) in [6, 6.07) is 3.01. The molecule has 0 fully saturated rings. The average molecular weight is 350 g/mol. The van der Waals surface area contributed by atoms with Gasteiger partial charge in [-0.3, -0.25) is 0 Å². The van der Waals surface area contributed by atoms with E-state index in [9.17, 15) is 14.7 Å². The number of nitrogens with one attached hydrogen (secondary N) is 1. The molecule has 1 aromatic carbocycles. The normalized spacial score (nSPS) is 14.1. The van der Waals surface area contributed by atoms with E-state index in [-0.39, 0.29) is 10.6 Å². The fourth-order valence-corrected chi connectivity index (χ4v) is 2.18. The van der Waals surface area contributed by atoms with Gasteiger partial charge in [0, 0.05) is 10.0 Å². The Hall–Kier alpha value is -1.50. The zero-order valence-electron chi connectivity index (χ0n) is 12.3. The Balaban J connectivity index is 3.09. The number of carboxylic acids is 1. The third kappa shape index (κ3) is 5.36. The summed E-state index contributed by atoms with van der Waals surface area (Å²) in [5, 5.41) is 21.6. The number of benzene rings is 1. The molecule has 0 aromatic heterocycles. The highest BCUT2D eigenvalue weighted by atomic mass is 35.5. The van der Waals surface area contributed by atoms with E-state index in [2.05, 4.69) is 5.32 Å². The third-order valence-electron chi connectivity index (χ3n) is 2.54. The third-order valence-corrected chi connectivity index (χ3v) is 3.10. The number of aliphatic hydroxyl groups excluding tert-OH is 1. The Kier molecular flexibility index (Phi) is 6.05. The van der Waals surface area contributed by atoms with Crippen molar-refractivity contribution in [1.29, 1.82) is 0 Å². The summed E-state index contributed by atoms with van der Waals surface area (Å²) in [5.74, 6) is -1.51. The Morgan fingerprint density at radius 3 is 2.32 bits per heavy atom. The largest absolute Gasteiger partial charge is 0.479 e. The Bertz CT molecular complexity index is 571. The number of alkyl carbamates (subject to hydrolysis) is 1. The summed E-state index contributed by atoms with van der Waals surface area (Å²) >= 11 is 11.8. The van der Waals surface area contributed by atoms with Crippen molar-refractivity contribution in [3.63, 3.8) is 0 Å². The van der Waals surface area contributed by atoms with E-state index in [4.69, 9.17) is 33.0 Å². The summed E-state index contributed by atoms with van der Waals surface area (Å²) in [4.78, 5) is 22.9. The van der Waals surface area contributed by atoms with E-state index < -0.39 is 29.8 Å². The van der Waals surface area contributed by atoms with Crippen LogP contribution < -0.4 is 5.32 Å². The fraction of sp³-hybridized carbons (Fsp3) is 0.429. The maximum Gasteiger partial charge on any atom is 0.408 e. The molecule has 0 bridgehead atoms. The van der Waals surface area contributed by atoms with Crippen molar-refractivity contribution < 1.29 is 24.5 Å². The van der Waals surface area contributed by atoms with Crippen molar-refractivity contribution in [2.75, 3.05) is 0 Å². The number of halogens is 2. The molecule has 22 heavy (non-hydrogen) atoms. The molecule has 0 saturated heterocycles. The van der Waals surface area contributed by atoms with Crippen LogP contribution in [0, 0.1) is 0 Å². The molecule has 1 amide bonds. The van der Waals surface area contributed by atoms with Crippen molar-refractivity contribution in [2.24, 2.45) is 0 Å². The quantitative estimate of drug-likeness (QED) is 0.776. The first-order valence-corrected chi connectivity index (χ1v) is 7.12. The predicted molar refractivity (Wildman–Crippen MR) is 82.2 cm³/mol. The van der Waals surface area contributed by atoms with Crippen molar-refractivity contribution in [3.8, 4) is 0 Å². The molecule has 3 N–H and O–H groups in total. The first kappa shape index (κ1) is 18.5. The molecule has 1 aromatic rings. The number of rotatable bonds is 4. The topological polar surface area (TPSA) is 95.9 Å². The summed E-state index contributed by atoms with van der Waals surface area (Å²) in [6.45, 7) is 4.97. The molecule has 122 valence electrons. The second-order valence-electron chi connectivity index (χ2n) is 5.57. The van der Waals surface area contributed by atoms with E-state index >= 15 is 0 Å². The number of hydrogen-bond acceptors (Lipinski definition) is 4. The minimum atomic E-state index is -1.90. The predicted octanol–water partition coefficient (Wildman–Crippen LogP) is 3.00. The van der Waals surface area contributed by atoms with Gasteiger partial charge in [-0.15, -0.1) is 0 Å². The van der Waals surface area contributed by atoms with Gasteiger partial charge in [0.05, 0.1) is 6.04 Å². The van der Waals surface area contributed by atoms with E-state index in [0.717, 1.165) is 0 Å². The van der Waals surface area contributed by atoms with Crippen LogP contribution in [0.2, 0.25) is 10.0 Å². The molecule has 0 aliphatic rings. The molecule has 0 heterocycles. The van der Waals surface area contributed by atoms with Gasteiger partial charge in [0.25, 0.3) is 0 Å². The van der Waals surface area contributed by atoms with Crippen molar-refractivity contribution in [2.45, 2.75) is 38.5 Å². The number of hydrogen-bond donors (Lipinski definition) is 3. The molecule has 8 heteroatoms. The highest BCUT2D eigenvalue weighted by molar-refractivity contribution is 6.35. The van der Waals surface area contributed by atoms with Gasteiger partial charge in [0.15, 0.2) is 6.10 Å². The van der Waals surface area contributed by atoms with Gasteiger partial charge < -0.3 is 20.3 Å². The number of ether oxygens (including phenoxy) is 1. The molecule has 0 unspecified atom stereocenters. The number of aliphatic hydroxyl groups is 1. The Morgan fingerprint density at radius 1 is 1.27 bits per heavy atom. The van der Waals surface area contributed by atoms with E-state index in [1.54, 1.807) is 20.8 Å². The van der Waals surface area contributed by atoms with E-state index in [1.165, 1.54) is 18.2 Å². The number of carbonyl (C=O) groups is 2. The molecule has 6 nitrogen and oxygen atoms in total. The van der Waals surface area contributed by atoms with Crippen LogP contribution in [0.1, 0.15) is 32.4 Å². The van der Waals surface area contributed by atoms with Crippen LogP contribution in [0.4, 0.5) is 4.79 Å². The van der Waals surface area contributed by atoms with Gasteiger partial charge in [-0.05, 0) is 38.5 Å². The van der Waals surface area contributed by atoms with Gasteiger partial charge >= 0.3 is 12.1 Å². The van der Waals surface area contributed by atoms with Crippen LogP contribution in [0.3, 0.4) is 0 Å². The lowest BCUT2D eigenvalue weighted by atomic mass is 10.0. The molecule has 2 atom stereocenters. The van der Waals surface area contributed by atoms with Crippen LogP contribution in [0.25, 0.3) is 0 Å². The molecule has 0 saturated carbocycles. The lowest BCUT2D eigenvalue weighted by Crippen LogP contribution is -2.42. The van der Waals surface area contributed by atoms with Crippen molar-refractivity contribution >= 4 is 35.3 Å². The first-order valence-electron chi connectivity index (χ1n) is 6.36. The van der Waals surface area contributed by atoms with Crippen LogP contribution in [-0.4, -0.2) is 34.0 Å². The van der Waals surface area contributed by atoms with Gasteiger partial charge in [-0.25, -0.2) is 9.59 Å². The lowest BCUT2D eigenvalue weighted by Gasteiger charge is -2.26. The van der Waals surface area contributed by atoms with Crippen LogP contribution >= 0.6 is 23.2 Å². The lowest BCUT2D eigenvalue weighted by molar-refractivity contribution is -0.148. The molecule has 0 aliphatic heterocycles. The second kappa shape index (κ2) is 7.17. The fourth-order valence-electron chi connectivity index (χ4n) is 1.66. The molecular weight excluding hydrogens is 333 g/mol. The van der Waals surface area contributed by atoms with Gasteiger partial charge in [-0.2, -0.15) is 0 Å². The minimum Gasteiger partial charge on any atom is -0.479 e. The average Bonchev–Trinajstić information content (AvgIpc) is 2.33. The standard InChI is InChI=1S/C14H17Cl2NO5/c1-14(2,3)22-13(21)17-10(11(18)12(19)20)8-5-4-7(15)6-9(8)16/h4-6,10-11,18H,1-3H3,(H,17,21)(H,19,20)/t10-,11-/m0/s1. The summed E-state index contributed by atoms with van der Waals surface area (Å²) in [7, 11) is 0. The molecular formula is C14H17Cl2NO5. The Labute approximate surface area is 138 Å². The highest BCUT2D eigenvalue weighted by Gasteiger charge is 2.32. The van der Waals surface area contributed by atoms with Crippen molar-refractivity contribution in [3.05, 3.63) is 33.8 Å². The molecule has 0 radical (unpaired) electrons. The number of carboxylic acid groups (broad SMARTS) is 1. The zero-order valence-corrected chi connectivity index (χ0v) is 13.8. The minimum absolute atomic E-state index is 0.119. The second-order valence-corrected chi connectivity index (χ2v) is 6.42. The summed E-state index contributed by atoms with van der Waals surface area (Å²) in [5.41, 5.74) is -0.557. The molecule has 0 spiro atoms. The first-order chi connectivity index (χ1) is 10.0. The van der Waals surface area contributed by atoms with E-state index in [1.807, 2.05) is 0 Å². The van der Waals surface area contributed by atoms with Crippen LogP contribution in [0.5, 0.6) is 0 Å². The highest BCUT2D eigenvalue weighted by Crippen LogP contribution is 2.28. The molecule has 0 aliphatic carbocycles. The van der Waals surface area contributed by atoms with Gasteiger partial charge in [0.2, 0.25) is 0 Å². The van der Waals surface area contributed by atoms with Gasteiger partial charge in [0.1, 0.15) is 5.60 Å². The maximum absolute atomic E-state index is 11.8.